The van der Waals surface area contributed by atoms with Gasteiger partial charge in [-0.15, -0.1) is 0 Å². The first kappa shape index (κ1) is 10.9. The molecule has 0 amide bonds. The van der Waals surface area contributed by atoms with E-state index in [4.69, 9.17) is 11.5 Å². The van der Waals surface area contributed by atoms with Crippen LogP contribution in [0.2, 0.25) is 0 Å². The lowest BCUT2D eigenvalue weighted by Gasteiger charge is -2.14. The highest BCUT2D eigenvalue weighted by molar-refractivity contribution is 4.66. The molecule has 0 fully saturated rings. The van der Waals surface area contributed by atoms with Gasteiger partial charge in [0.2, 0.25) is 0 Å². The molecule has 0 aliphatic carbocycles. The van der Waals surface area contributed by atoms with Gasteiger partial charge >= 0.3 is 0 Å². The lowest BCUT2D eigenvalue weighted by Crippen LogP contribution is -2.25. The summed E-state index contributed by atoms with van der Waals surface area (Å²) in [6, 6.07) is 0.647. The van der Waals surface area contributed by atoms with E-state index in [0.29, 0.717) is 18.0 Å². The fraction of sp³-hybridized carbons (Fsp3) is 1.00. The molecule has 0 aliphatic rings. The molecule has 0 aromatic carbocycles. The van der Waals surface area contributed by atoms with Crippen molar-refractivity contribution in [3.05, 3.63) is 0 Å². The topological polar surface area (TPSA) is 52.0 Å². The highest BCUT2D eigenvalue weighted by Gasteiger charge is 2.05. The Morgan fingerprint density at radius 2 is 1.55 bits per heavy atom. The van der Waals surface area contributed by atoms with Crippen LogP contribution in [0.25, 0.3) is 0 Å². The minimum absolute atomic E-state index is 0.299. The third kappa shape index (κ3) is 7.82. The van der Waals surface area contributed by atoms with Gasteiger partial charge in [-0.1, -0.05) is 13.8 Å². The van der Waals surface area contributed by atoms with E-state index >= 15 is 0 Å². The van der Waals surface area contributed by atoms with Crippen molar-refractivity contribution in [3.63, 3.8) is 0 Å². The van der Waals surface area contributed by atoms with Crippen LogP contribution in [0.4, 0.5) is 0 Å². The molecule has 4 N–H and O–H groups in total. The molecule has 1 unspecified atom stereocenters. The smallest absolute Gasteiger partial charge is 0.00418 e. The van der Waals surface area contributed by atoms with E-state index in [-0.39, 0.29) is 0 Å². The molecular formula is C9H22N2. The summed E-state index contributed by atoms with van der Waals surface area (Å²) in [5.41, 5.74) is 11.5. The molecule has 0 aromatic rings. The van der Waals surface area contributed by atoms with Crippen molar-refractivity contribution in [1.29, 1.82) is 0 Å². The van der Waals surface area contributed by atoms with Crippen LogP contribution >= 0.6 is 0 Å². The van der Waals surface area contributed by atoms with Crippen LogP contribution < -0.4 is 11.5 Å². The van der Waals surface area contributed by atoms with Crippen LogP contribution in [0.15, 0.2) is 0 Å². The van der Waals surface area contributed by atoms with E-state index in [0.717, 1.165) is 19.3 Å². The third-order valence-electron chi connectivity index (χ3n) is 1.77. The molecule has 2 nitrogen and oxygen atoms in total. The van der Waals surface area contributed by atoms with E-state index in [1.165, 1.54) is 0 Å². The van der Waals surface area contributed by atoms with Gasteiger partial charge in [0.25, 0.3) is 0 Å². The van der Waals surface area contributed by atoms with E-state index in [1.807, 2.05) is 6.92 Å². The van der Waals surface area contributed by atoms with Crippen LogP contribution in [0.5, 0.6) is 0 Å². The zero-order valence-electron chi connectivity index (χ0n) is 8.01. The van der Waals surface area contributed by atoms with Crippen LogP contribution in [-0.4, -0.2) is 12.1 Å². The second-order valence-corrected chi connectivity index (χ2v) is 3.94. The lowest BCUT2D eigenvalue weighted by atomic mass is 9.99. The summed E-state index contributed by atoms with van der Waals surface area (Å²) < 4.78 is 0. The average molecular weight is 158 g/mol. The first-order chi connectivity index (χ1) is 5.02. The van der Waals surface area contributed by atoms with Gasteiger partial charge < -0.3 is 11.5 Å². The quantitative estimate of drug-likeness (QED) is 0.637. The van der Waals surface area contributed by atoms with E-state index in [1.54, 1.807) is 0 Å². The van der Waals surface area contributed by atoms with Gasteiger partial charge in [0.1, 0.15) is 0 Å². The van der Waals surface area contributed by atoms with Gasteiger partial charge in [0.05, 0.1) is 0 Å². The lowest BCUT2D eigenvalue weighted by molar-refractivity contribution is 0.449. The Hall–Kier alpha value is -0.0800. The summed E-state index contributed by atoms with van der Waals surface area (Å²) in [6.07, 6.45) is 3.23. The summed E-state index contributed by atoms with van der Waals surface area (Å²) in [5.74, 6) is 0.707. The zero-order chi connectivity index (χ0) is 8.85. The van der Waals surface area contributed by atoms with Gasteiger partial charge in [0, 0.05) is 12.1 Å². The molecule has 2 heteroatoms. The van der Waals surface area contributed by atoms with Gasteiger partial charge in [-0.25, -0.2) is 0 Å². The van der Waals surface area contributed by atoms with Crippen molar-refractivity contribution in [1.82, 2.24) is 0 Å². The van der Waals surface area contributed by atoms with E-state index in [2.05, 4.69) is 13.8 Å². The van der Waals surface area contributed by atoms with Crippen molar-refractivity contribution < 1.29 is 0 Å². The predicted molar refractivity (Wildman–Crippen MR) is 50.3 cm³/mol. The number of rotatable bonds is 5. The number of hydrogen-bond acceptors (Lipinski definition) is 2. The van der Waals surface area contributed by atoms with Crippen LogP contribution in [0, 0.1) is 5.92 Å². The maximum atomic E-state index is 5.87. The van der Waals surface area contributed by atoms with Crippen LogP contribution in [-0.2, 0) is 0 Å². The number of nitrogens with two attached hydrogens (primary N) is 2. The van der Waals surface area contributed by atoms with Gasteiger partial charge in [-0.2, -0.15) is 0 Å². The fourth-order valence-corrected chi connectivity index (χ4v) is 1.20. The maximum absolute atomic E-state index is 5.87. The van der Waals surface area contributed by atoms with Crippen LogP contribution in [0.3, 0.4) is 0 Å². The van der Waals surface area contributed by atoms with Crippen molar-refractivity contribution in [3.8, 4) is 0 Å². The molecule has 0 aromatic heterocycles. The maximum Gasteiger partial charge on any atom is 0.00418 e. The average Bonchev–Trinajstić information content (AvgIpc) is 1.82. The zero-order valence-corrected chi connectivity index (χ0v) is 8.01. The molecule has 0 saturated carbocycles. The molecule has 0 bridgehead atoms. The third-order valence-corrected chi connectivity index (χ3v) is 1.77. The highest BCUT2D eigenvalue weighted by Crippen LogP contribution is 2.07. The molecule has 0 radical (unpaired) electrons. The first-order valence-corrected chi connectivity index (χ1v) is 4.53. The van der Waals surface area contributed by atoms with Crippen molar-refractivity contribution in [2.75, 3.05) is 0 Å². The molecule has 2 atom stereocenters. The molecule has 0 spiro atoms. The molecule has 0 aliphatic heterocycles. The van der Waals surface area contributed by atoms with Crippen molar-refractivity contribution in [2.24, 2.45) is 17.4 Å². The Labute approximate surface area is 70.3 Å². The normalized spacial score (nSPS) is 16.9. The standard InChI is InChI=1S/C9H22N2/c1-7(2)6-9(11)5-4-8(3)10/h7-9H,4-6,10-11H2,1-3H3/t8?,9-/m0/s1. The molecule has 0 heterocycles. The fourth-order valence-electron chi connectivity index (χ4n) is 1.20. The SMILES string of the molecule is CC(C)C[C@@H](N)CCC(C)N. The summed E-state index contributed by atoms with van der Waals surface area (Å²) in [4.78, 5) is 0. The first-order valence-electron chi connectivity index (χ1n) is 4.53. The Morgan fingerprint density at radius 1 is 1.00 bits per heavy atom. The van der Waals surface area contributed by atoms with E-state index in [9.17, 15) is 0 Å². The highest BCUT2D eigenvalue weighted by atomic mass is 14.6. The number of hydrogen-bond donors (Lipinski definition) is 2. The second-order valence-electron chi connectivity index (χ2n) is 3.94. The van der Waals surface area contributed by atoms with Gasteiger partial charge in [-0.3, -0.25) is 0 Å². The predicted octanol–water partition coefficient (Wildman–Crippen LogP) is 1.49. The monoisotopic (exact) mass is 158 g/mol. The Bertz CT molecular complexity index is 89.6. The van der Waals surface area contributed by atoms with Crippen molar-refractivity contribution in [2.45, 2.75) is 52.1 Å². The van der Waals surface area contributed by atoms with Crippen LogP contribution in [0.1, 0.15) is 40.0 Å². The van der Waals surface area contributed by atoms with E-state index < -0.39 is 0 Å². The summed E-state index contributed by atoms with van der Waals surface area (Å²) in [7, 11) is 0. The van der Waals surface area contributed by atoms with Gasteiger partial charge in [0.15, 0.2) is 0 Å². The molecule has 68 valence electrons. The van der Waals surface area contributed by atoms with Gasteiger partial charge in [-0.05, 0) is 32.1 Å². The molecule has 0 saturated heterocycles. The van der Waals surface area contributed by atoms with Crippen molar-refractivity contribution >= 4 is 0 Å². The summed E-state index contributed by atoms with van der Waals surface area (Å²) in [5, 5.41) is 0. The Morgan fingerprint density at radius 3 is 1.91 bits per heavy atom. The minimum Gasteiger partial charge on any atom is -0.328 e. The summed E-state index contributed by atoms with van der Waals surface area (Å²) >= 11 is 0. The molecular weight excluding hydrogens is 136 g/mol. The largest absolute Gasteiger partial charge is 0.328 e. The summed E-state index contributed by atoms with van der Waals surface area (Å²) in [6.45, 7) is 6.43. The second kappa shape index (κ2) is 5.56. The minimum atomic E-state index is 0.299. The Balaban J connectivity index is 3.29. The molecule has 0 rings (SSSR count). The Kier molecular flexibility index (Phi) is 5.51. The molecule has 11 heavy (non-hydrogen) atoms.